The van der Waals surface area contributed by atoms with Gasteiger partial charge in [-0.05, 0) is 49.7 Å². The van der Waals surface area contributed by atoms with Gasteiger partial charge in [-0.3, -0.25) is 14.5 Å². The summed E-state index contributed by atoms with van der Waals surface area (Å²) in [5.74, 6) is -0.283. The third-order valence-electron chi connectivity index (χ3n) is 5.91. The first-order valence-corrected chi connectivity index (χ1v) is 10.7. The second-order valence-corrected chi connectivity index (χ2v) is 8.15. The van der Waals surface area contributed by atoms with Crippen molar-refractivity contribution in [3.63, 3.8) is 0 Å². The third-order valence-corrected chi connectivity index (χ3v) is 5.91. The molecule has 0 bridgehead atoms. The molecule has 0 radical (unpaired) electrons. The van der Waals surface area contributed by atoms with Crippen molar-refractivity contribution in [3.05, 3.63) is 70.6 Å². The Balaban J connectivity index is 1.27. The van der Waals surface area contributed by atoms with Crippen LogP contribution in [-0.4, -0.2) is 38.7 Å². The molecule has 0 aliphatic carbocycles. The van der Waals surface area contributed by atoms with Gasteiger partial charge in [0.05, 0.1) is 6.20 Å². The molecule has 1 saturated heterocycles. The van der Waals surface area contributed by atoms with E-state index in [1.54, 1.807) is 6.20 Å². The first-order valence-electron chi connectivity index (χ1n) is 10.7. The fraction of sp³-hybridized carbons (Fsp3) is 0.292. The highest BCUT2D eigenvalue weighted by Gasteiger charge is 2.13. The number of anilines is 1. The van der Waals surface area contributed by atoms with Crippen molar-refractivity contribution >= 4 is 33.4 Å². The second-order valence-electron chi connectivity index (χ2n) is 8.15. The van der Waals surface area contributed by atoms with E-state index in [0.717, 1.165) is 35.9 Å². The number of aromatic nitrogens is 3. The van der Waals surface area contributed by atoms with Crippen LogP contribution in [-0.2, 0) is 17.9 Å². The molecule has 1 fully saturated rings. The largest absolute Gasteiger partial charge is 0.350 e. The van der Waals surface area contributed by atoms with E-state index in [-0.39, 0.29) is 18.0 Å². The molecule has 7 heteroatoms. The Kier molecular flexibility index (Phi) is 5.26. The molecule has 31 heavy (non-hydrogen) atoms. The molecular formula is C24H25N5O2. The topological polar surface area (TPSA) is 83.0 Å². The lowest BCUT2D eigenvalue weighted by Gasteiger charge is -2.26. The second kappa shape index (κ2) is 8.35. The van der Waals surface area contributed by atoms with Crippen LogP contribution in [0.3, 0.4) is 0 Å². The average molecular weight is 415 g/mol. The maximum Gasteiger partial charge on any atom is 0.291 e. The molecule has 7 nitrogen and oxygen atoms in total. The lowest BCUT2D eigenvalue weighted by Crippen LogP contribution is -2.29. The van der Waals surface area contributed by atoms with Crippen LogP contribution >= 0.6 is 0 Å². The van der Waals surface area contributed by atoms with E-state index in [1.807, 2.05) is 48.5 Å². The van der Waals surface area contributed by atoms with E-state index >= 15 is 0 Å². The minimum absolute atomic E-state index is 0.139. The van der Waals surface area contributed by atoms with Crippen molar-refractivity contribution in [3.8, 4) is 0 Å². The molecule has 2 aromatic heterocycles. The zero-order valence-electron chi connectivity index (χ0n) is 17.3. The van der Waals surface area contributed by atoms with E-state index in [0.29, 0.717) is 11.2 Å². The quantitative estimate of drug-likeness (QED) is 0.523. The van der Waals surface area contributed by atoms with Crippen LogP contribution in [0, 0.1) is 0 Å². The van der Waals surface area contributed by atoms with Gasteiger partial charge in [-0.15, -0.1) is 0 Å². The molecule has 1 aliphatic heterocycles. The van der Waals surface area contributed by atoms with Gasteiger partial charge >= 0.3 is 0 Å². The van der Waals surface area contributed by atoms with Crippen LogP contribution in [0.2, 0.25) is 0 Å². The highest BCUT2D eigenvalue weighted by atomic mass is 16.2. The Morgan fingerprint density at radius 3 is 2.58 bits per heavy atom. The number of carbonyl (C=O) groups excluding carboxylic acids is 1. The average Bonchev–Trinajstić information content (AvgIpc) is 3.17. The Morgan fingerprint density at radius 1 is 1.00 bits per heavy atom. The lowest BCUT2D eigenvalue weighted by molar-refractivity contribution is -0.117. The van der Waals surface area contributed by atoms with Crippen molar-refractivity contribution in [2.75, 3.05) is 18.4 Å². The van der Waals surface area contributed by atoms with Crippen LogP contribution in [0.15, 0.2) is 59.5 Å². The summed E-state index contributed by atoms with van der Waals surface area (Å²) < 4.78 is 1.19. The molecular weight excluding hydrogens is 390 g/mol. The van der Waals surface area contributed by atoms with Crippen LogP contribution in [0.25, 0.3) is 21.8 Å². The molecule has 5 rings (SSSR count). The van der Waals surface area contributed by atoms with Crippen molar-refractivity contribution in [2.24, 2.45) is 0 Å². The van der Waals surface area contributed by atoms with Gasteiger partial charge < -0.3 is 10.3 Å². The van der Waals surface area contributed by atoms with Crippen molar-refractivity contribution in [1.29, 1.82) is 0 Å². The Bertz CT molecular complexity index is 1280. The minimum atomic E-state index is -0.305. The summed E-state index contributed by atoms with van der Waals surface area (Å²) in [5, 5.41) is 8.78. The van der Waals surface area contributed by atoms with Crippen LogP contribution in [0.1, 0.15) is 24.8 Å². The fourth-order valence-electron chi connectivity index (χ4n) is 4.29. The fourth-order valence-corrected chi connectivity index (χ4v) is 4.29. The lowest BCUT2D eigenvalue weighted by atomic mass is 10.1. The number of fused-ring (bicyclic) bond motifs is 3. The number of aromatic amines is 1. The van der Waals surface area contributed by atoms with E-state index < -0.39 is 0 Å². The van der Waals surface area contributed by atoms with E-state index in [1.165, 1.54) is 29.5 Å². The highest BCUT2D eigenvalue weighted by molar-refractivity contribution is 6.06. The van der Waals surface area contributed by atoms with Gasteiger partial charge in [0, 0.05) is 28.5 Å². The number of nitrogens with zero attached hydrogens (tertiary/aromatic N) is 3. The molecule has 1 amide bonds. The summed E-state index contributed by atoms with van der Waals surface area (Å²) in [6, 6.07) is 15.6. The van der Waals surface area contributed by atoms with Gasteiger partial charge in [0.15, 0.2) is 0 Å². The number of hydrogen-bond donors (Lipinski definition) is 2. The predicted molar refractivity (Wildman–Crippen MR) is 122 cm³/mol. The summed E-state index contributed by atoms with van der Waals surface area (Å²) in [4.78, 5) is 30.9. The van der Waals surface area contributed by atoms with Gasteiger partial charge in [0.1, 0.15) is 12.1 Å². The summed E-state index contributed by atoms with van der Waals surface area (Å²) in [7, 11) is 0. The SMILES string of the molecule is O=C(Cn1ncc2c([nH]c3ccccc32)c1=O)Nc1ccc(CN2CCCCC2)cc1. The van der Waals surface area contributed by atoms with Gasteiger partial charge in [0.2, 0.25) is 5.91 Å². The number of carbonyl (C=O) groups is 1. The number of likely N-dealkylation sites (tertiary alicyclic amines) is 1. The normalized spacial score (nSPS) is 14.8. The maximum atomic E-state index is 12.8. The molecule has 0 spiro atoms. The molecule has 2 N–H and O–H groups in total. The number of piperidine rings is 1. The molecule has 0 saturated carbocycles. The molecule has 3 heterocycles. The first-order chi connectivity index (χ1) is 15.2. The first kappa shape index (κ1) is 19.5. The standard InChI is InChI=1S/C24H25N5O2/c30-22(26-18-10-8-17(9-11-18)15-28-12-4-1-5-13-28)16-29-24(31)23-20(14-25-29)19-6-2-3-7-21(19)27-23/h2-3,6-11,14,27H,1,4-5,12-13,15-16H2,(H,26,30). The van der Waals surface area contributed by atoms with Gasteiger partial charge in [-0.2, -0.15) is 5.10 Å². The van der Waals surface area contributed by atoms with Crippen molar-refractivity contribution in [1.82, 2.24) is 19.7 Å². The molecule has 158 valence electrons. The number of rotatable bonds is 5. The summed E-state index contributed by atoms with van der Waals surface area (Å²) in [6.07, 6.45) is 5.50. The number of para-hydroxylation sites is 1. The van der Waals surface area contributed by atoms with Crippen molar-refractivity contribution < 1.29 is 4.79 Å². The number of hydrogen-bond acceptors (Lipinski definition) is 4. The monoisotopic (exact) mass is 415 g/mol. The summed E-state index contributed by atoms with van der Waals surface area (Å²) in [6.45, 7) is 3.11. The van der Waals surface area contributed by atoms with Crippen LogP contribution < -0.4 is 10.9 Å². The Labute approximate surface area is 179 Å². The van der Waals surface area contributed by atoms with E-state index in [4.69, 9.17) is 0 Å². The summed E-state index contributed by atoms with van der Waals surface area (Å²) >= 11 is 0. The van der Waals surface area contributed by atoms with E-state index in [2.05, 4.69) is 20.3 Å². The van der Waals surface area contributed by atoms with Crippen LogP contribution in [0.5, 0.6) is 0 Å². The maximum absolute atomic E-state index is 12.8. The zero-order valence-corrected chi connectivity index (χ0v) is 17.3. The van der Waals surface area contributed by atoms with Crippen LogP contribution in [0.4, 0.5) is 5.69 Å². The summed E-state index contributed by atoms with van der Waals surface area (Å²) in [5.41, 5.74) is 2.99. The molecule has 2 aromatic carbocycles. The smallest absolute Gasteiger partial charge is 0.291 e. The molecule has 4 aromatic rings. The minimum Gasteiger partial charge on any atom is -0.350 e. The highest BCUT2D eigenvalue weighted by Crippen LogP contribution is 2.21. The predicted octanol–water partition coefficient (Wildman–Crippen LogP) is 3.50. The number of benzene rings is 2. The van der Waals surface area contributed by atoms with Crippen molar-refractivity contribution in [2.45, 2.75) is 32.4 Å². The molecule has 0 atom stereocenters. The van der Waals surface area contributed by atoms with Gasteiger partial charge in [0.25, 0.3) is 5.56 Å². The number of H-pyrrole nitrogens is 1. The number of nitrogens with one attached hydrogen (secondary N) is 2. The molecule has 1 aliphatic rings. The Morgan fingerprint density at radius 2 is 1.77 bits per heavy atom. The number of amides is 1. The molecule has 0 unspecified atom stereocenters. The van der Waals surface area contributed by atoms with E-state index in [9.17, 15) is 9.59 Å². The Hall–Kier alpha value is -3.45. The van der Waals surface area contributed by atoms with Gasteiger partial charge in [-0.25, -0.2) is 4.68 Å². The third kappa shape index (κ3) is 4.09. The van der Waals surface area contributed by atoms with Gasteiger partial charge in [-0.1, -0.05) is 36.8 Å². The zero-order chi connectivity index (χ0) is 21.2.